The predicted molar refractivity (Wildman–Crippen MR) is 53.1 cm³/mol. The first-order chi connectivity index (χ1) is 6.90. The van der Waals surface area contributed by atoms with Crippen LogP contribution in [0.1, 0.15) is 12.8 Å². The Bertz CT molecular complexity index is 193. The van der Waals surface area contributed by atoms with Gasteiger partial charge in [-0.25, -0.2) is 0 Å². The first-order valence-electron chi connectivity index (χ1n) is 5.41. The Balaban J connectivity index is 1.86. The van der Waals surface area contributed by atoms with E-state index in [0.717, 1.165) is 52.2 Å². The molecule has 2 aliphatic rings. The number of amides is 1. The summed E-state index contributed by atoms with van der Waals surface area (Å²) in [6.45, 7) is 5.58. The van der Waals surface area contributed by atoms with Crippen LogP contribution in [-0.2, 0) is 9.53 Å². The van der Waals surface area contributed by atoms with Crippen molar-refractivity contribution in [2.75, 3.05) is 39.4 Å². The van der Waals surface area contributed by atoms with Crippen LogP contribution in [0.15, 0.2) is 0 Å². The van der Waals surface area contributed by atoms with Crippen molar-refractivity contribution in [1.29, 1.82) is 0 Å². The lowest BCUT2D eigenvalue weighted by atomic mass is 10.0. The van der Waals surface area contributed by atoms with E-state index in [1.54, 1.807) is 0 Å². The van der Waals surface area contributed by atoms with E-state index in [0.29, 0.717) is 6.04 Å². The van der Waals surface area contributed by atoms with E-state index in [4.69, 9.17) is 4.74 Å². The Morgan fingerprint density at radius 2 is 2.00 bits per heavy atom. The number of hydrogen-bond donors (Lipinski definition) is 0. The number of ether oxygens (including phenoxy) is 1. The van der Waals surface area contributed by atoms with Crippen LogP contribution in [0.2, 0.25) is 0 Å². The molecule has 4 heteroatoms. The van der Waals surface area contributed by atoms with Crippen LogP contribution in [0, 0.1) is 0 Å². The Morgan fingerprint density at radius 1 is 1.21 bits per heavy atom. The van der Waals surface area contributed by atoms with E-state index >= 15 is 0 Å². The van der Waals surface area contributed by atoms with E-state index in [-0.39, 0.29) is 0 Å². The highest BCUT2D eigenvalue weighted by Gasteiger charge is 2.25. The van der Waals surface area contributed by atoms with Crippen molar-refractivity contribution in [3.05, 3.63) is 0 Å². The molecule has 2 heterocycles. The minimum atomic E-state index is 0.567. The Morgan fingerprint density at radius 3 is 2.71 bits per heavy atom. The molecule has 0 N–H and O–H groups in total. The second-order valence-corrected chi connectivity index (χ2v) is 4.04. The van der Waals surface area contributed by atoms with Crippen LogP contribution in [0.5, 0.6) is 0 Å². The minimum absolute atomic E-state index is 0.567. The lowest BCUT2D eigenvalue weighted by Crippen LogP contribution is -2.51. The zero-order valence-electron chi connectivity index (χ0n) is 8.52. The third-order valence-corrected chi connectivity index (χ3v) is 3.14. The normalized spacial score (nSPS) is 30.3. The third-order valence-electron chi connectivity index (χ3n) is 3.14. The van der Waals surface area contributed by atoms with Gasteiger partial charge < -0.3 is 9.64 Å². The highest BCUT2D eigenvalue weighted by Crippen LogP contribution is 2.15. The second kappa shape index (κ2) is 4.75. The molecule has 80 valence electrons. The third kappa shape index (κ3) is 2.25. The number of hydrogen-bond acceptors (Lipinski definition) is 3. The molecule has 0 unspecified atom stereocenters. The number of likely N-dealkylation sites (tertiary alicyclic amines) is 1. The molecule has 1 amide bonds. The molecule has 2 fully saturated rings. The molecule has 14 heavy (non-hydrogen) atoms. The van der Waals surface area contributed by atoms with Gasteiger partial charge in [-0.15, -0.1) is 0 Å². The van der Waals surface area contributed by atoms with Gasteiger partial charge in [0, 0.05) is 32.2 Å². The number of rotatable bonds is 2. The molecule has 2 saturated heterocycles. The average molecular weight is 198 g/mol. The summed E-state index contributed by atoms with van der Waals surface area (Å²) in [6, 6.07) is 0.567. The lowest BCUT2D eigenvalue weighted by Gasteiger charge is -2.39. The molecule has 2 aliphatic heterocycles. The van der Waals surface area contributed by atoms with Crippen molar-refractivity contribution in [2.45, 2.75) is 18.9 Å². The number of morpholine rings is 1. The van der Waals surface area contributed by atoms with E-state index in [9.17, 15) is 4.79 Å². The van der Waals surface area contributed by atoms with Crippen LogP contribution >= 0.6 is 0 Å². The standard InChI is InChI=1S/C10H18N2O2/c13-9-11-3-1-2-10(8-11)12-4-6-14-7-5-12/h9-10H,1-8H2/t10-/m0/s1. The van der Waals surface area contributed by atoms with Crippen LogP contribution in [0.4, 0.5) is 0 Å². The molecule has 4 nitrogen and oxygen atoms in total. The van der Waals surface area contributed by atoms with Crippen LogP contribution < -0.4 is 0 Å². The van der Waals surface area contributed by atoms with Crippen molar-refractivity contribution >= 4 is 6.41 Å². The molecule has 0 spiro atoms. The quantitative estimate of drug-likeness (QED) is 0.583. The fourth-order valence-corrected chi connectivity index (χ4v) is 2.32. The average Bonchev–Trinajstić information content (AvgIpc) is 2.30. The van der Waals surface area contributed by atoms with Crippen molar-refractivity contribution in [1.82, 2.24) is 9.80 Å². The number of carbonyl (C=O) groups excluding carboxylic acids is 1. The Kier molecular flexibility index (Phi) is 3.37. The van der Waals surface area contributed by atoms with Gasteiger partial charge >= 0.3 is 0 Å². The molecule has 2 rings (SSSR count). The number of carbonyl (C=O) groups is 1. The van der Waals surface area contributed by atoms with Crippen LogP contribution in [-0.4, -0.2) is 61.6 Å². The second-order valence-electron chi connectivity index (χ2n) is 4.04. The van der Waals surface area contributed by atoms with Crippen LogP contribution in [0.3, 0.4) is 0 Å². The van der Waals surface area contributed by atoms with E-state index in [1.165, 1.54) is 6.42 Å². The van der Waals surface area contributed by atoms with Gasteiger partial charge in [0.15, 0.2) is 0 Å². The van der Waals surface area contributed by atoms with Gasteiger partial charge in [0.05, 0.1) is 13.2 Å². The fourth-order valence-electron chi connectivity index (χ4n) is 2.32. The van der Waals surface area contributed by atoms with Gasteiger partial charge in [0.2, 0.25) is 6.41 Å². The van der Waals surface area contributed by atoms with E-state index < -0.39 is 0 Å². The molecule has 1 atom stereocenters. The van der Waals surface area contributed by atoms with Gasteiger partial charge in [-0.1, -0.05) is 0 Å². The highest BCUT2D eigenvalue weighted by atomic mass is 16.5. The Labute approximate surface area is 84.8 Å². The summed E-state index contributed by atoms with van der Waals surface area (Å²) in [5.41, 5.74) is 0. The summed E-state index contributed by atoms with van der Waals surface area (Å²) >= 11 is 0. The first kappa shape index (κ1) is 9.93. The molecular weight excluding hydrogens is 180 g/mol. The summed E-state index contributed by atoms with van der Waals surface area (Å²) in [6.07, 6.45) is 3.34. The largest absolute Gasteiger partial charge is 0.379 e. The molecular formula is C10H18N2O2. The molecule has 0 aliphatic carbocycles. The lowest BCUT2D eigenvalue weighted by molar-refractivity contribution is -0.120. The molecule has 0 bridgehead atoms. The Hall–Kier alpha value is -0.610. The summed E-state index contributed by atoms with van der Waals surface area (Å²) in [7, 11) is 0. The number of nitrogens with zero attached hydrogens (tertiary/aromatic N) is 2. The van der Waals surface area contributed by atoms with Gasteiger partial charge in [-0.3, -0.25) is 9.69 Å². The molecule has 0 aromatic carbocycles. The first-order valence-corrected chi connectivity index (χ1v) is 5.41. The molecule has 0 radical (unpaired) electrons. The molecule has 0 aromatic rings. The predicted octanol–water partition coefficient (Wildman–Crippen LogP) is -0.0606. The molecule has 0 saturated carbocycles. The summed E-state index contributed by atoms with van der Waals surface area (Å²) < 4.78 is 5.32. The van der Waals surface area contributed by atoms with E-state index in [1.807, 2.05) is 4.90 Å². The summed E-state index contributed by atoms with van der Waals surface area (Å²) in [5.74, 6) is 0. The van der Waals surface area contributed by atoms with Crippen molar-refractivity contribution in [2.24, 2.45) is 0 Å². The zero-order valence-corrected chi connectivity index (χ0v) is 8.52. The topological polar surface area (TPSA) is 32.8 Å². The van der Waals surface area contributed by atoms with E-state index in [2.05, 4.69) is 4.90 Å². The molecule has 0 aromatic heterocycles. The van der Waals surface area contributed by atoms with Crippen molar-refractivity contribution in [3.8, 4) is 0 Å². The van der Waals surface area contributed by atoms with Crippen molar-refractivity contribution < 1.29 is 9.53 Å². The zero-order chi connectivity index (χ0) is 9.80. The fraction of sp³-hybridized carbons (Fsp3) is 0.900. The summed E-state index contributed by atoms with van der Waals surface area (Å²) in [4.78, 5) is 15.0. The number of piperidine rings is 1. The monoisotopic (exact) mass is 198 g/mol. The maximum Gasteiger partial charge on any atom is 0.209 e. The van der Waals surface area contributed by atoms with Crippen molar-refractivity contribution in [3.63, 3.8) is 0 Å². The SMILES string of the molecule is O=CN1CCC[C@H](N2CCOCC2)C1. The smallest absolute Gasteiger partial charge is 0.209 e. The summed E-state index contributed by atoms with van der Waals surface area (Å²) in [5, 5.41) is 0. The maximum atomic E-state index is 10.7. The van der Waals surface area contributed by atoms with Crippen LogP contribution in [0.25, 0.3) is 0 Å². The maximum absolute atomic E-state index is 10.7. The highest BCUT2D eigenvalue weighted by molar-refractivity contribution is 5.47. The van der Waals surface area contributed by atoms with Gasteiger partial charge in [0.1, 0.15) is 0 Å². The van der Waals surface area contributed by atoms with Gasteiger partial charge in [-0.05, 0) is 12.8 Å². The minimum Gasteiger partial charge on any atom is -0.379 e. The van der Waals surface area contributed by atoms with Gasteiger partial charge in [-0.2, -0.15) is 0 Å². The van der Waals surface area contributed by atoms with Gasteiger partial charge in [0.25, 0.3) is 0 Å².